The Labute approximate surface area is 101 Å². The first-order valence-electron chi connectivity index (χ1n) is 5.35. The first kappa shape index (κ1) is 12.7. The van der Waals surface area contributed by atoms with Gasteiger partial charge in [-0.25, -0.2) is 9.48 Å². The van der Waals surface area contributed by atoms with Gasteiger partial charge in [-0.3, -0.25) is 5.32 Å². The molecule has 0 aliphatic heterocycles. The summed E-state index contributed by atoms with van der Waals surface area (Å²) in [4.78, 5) is 11.5. The molecule has 100 valence electrons. The van der Waals surface area contributed by atoms with Crippen molar-refractivity contribution in [3.8, 4) is 0 Å². The molecule has 1 fully saturated rings. The van der Waals surface area contributed by atoms with Crippen LogP contribution in [0.15, 0.2) is 6.20 Å². The number of carbonyl (C=O) groups is 1. The second kappa shape index (κ2) is 4.14. The molecule has 1 aromatic heterocycles. The number of nitrogens with zero attached hydrogens (tertiary/aromatic N) is 3. The van der Waals surface area contributed by atoms with E-state index in [2.05, 4.69) is 15.6 Å². The van der Waals surface area contributed by atoms with Crippen LogP contribution < -0.4 is 10.6 Å². The molecule has 0 atom stereocenters. The molecule has 18 heavy (non-hydrogen) atoms. The Kier molecular flexibility index (Phi) is 2.91. The Hall–Kier alpha value is -1.80. The van der Waals surface area contributed by atoms with E-state index in [1.54, 1.807) is 0 Å². The van der Waals surface area contributed by atoms with E-state index in [0.29, 0.717) is 6.42 Å². The van der Waals surface area contributed by atoms with Crippen molar-refractivity contribution in [3.63, 3.8) is 0 Å². The number of amides is 2. The Balaban J connectivity index is 2.01. The smallest absolute Gasteiger partial charge is 0.323 e. The van der Waals surface area contributed by atoms with Crippen molar-refractivity contribution in [2.45, 2.75) is 31.0 Å². The molecule has 1 heterocycles. The van der Waals surface area contributed by atoms with E-state index in [-0.39, 0.29) is 18.7 Å². The number of alkyl halides is 3. The van der Waals surface area contributed by atoms with Gasteiger partial charge in [0.25, 0.3) is 0 Å². The number of aryl methyl sites for hydroxylation is 1. The Bertz CT molecular complexity index is 451. The molecule has 0 bridgehead atoms. The number of hydrogen-bond acceptors (Lipinski definition) is 3. The summed E-state index contributed by atoms with van der Waals surface area (Å²) in [6, 6.07) is -0.905. The first-order chi connectivity index (χ1) is 8.34. The second-order valence-electron chi connectivity index (χ2n) is 4.26. The fraction of sp³-hybridized carbons (Fsp3) is 0.667. The predicted octanol–water partition coefficient (Wildman–Crippen LogP) is 1.42. The van der Waals surface area contributed by atoms with Crippen molar-refractivity contribution < 1.29 is 18.0 Å². The SMILES string of the molecule is Cn1nncc1NC(=O)NC1(C(F)(F)F)CCC1. The summed E-state index contributed by atoms with van der Waals surface area (Å²) in [5.41, 5.74) is -2.09. The third-order valence-corrected chi connectivity index (χ3v) is 3.06. The highest BCUT2D eigenvalue weighted by Gasteiger charge is 2.59. The normalized spacial score (nSPS) is 18.0. The molecule has 1 aliphatic rings. The van der Waals surface area contributed by atoms with Gasteiger partial charge in [-0.15, -0.1) is 5.10 Å². The van der Waals surface area contributed by atoms with E-state index < -0.39 is 17.7 Å². The third kappa shape index (κ3) is 2.12. The number of anilines is 1. The van der Waals surface area contributed by atoms with E-state index in [9.17, 15) is 18.0 Å². The maximum absolute atomic E-state index is 12.8. The maximum Gasteiger partial charge on any atom is 0.411 e. The van der Waals surface area contributed by atoms with E-state index in [1.165, 1.54) is 17.9 Å². The van der Waals surface area contributed by atoms with Crippen molar-refractivity contribution >= 4 is 11.8 Å². The highest BCUT2D eigenvalue weighted by atomic mass is 19.4. The van der Waals surface area contributed by atoms with Crippen LogP contribution in [0, 0.1) is 0 Å². The molecule has 0 unspecified atom stereocenters. The van der Waals surface area contributed by atoms with Crippen molar-refractivity contribution in [3.05, 3.63) is 6.20 Å². The van der Waals surface area contributed by atoms with Crippen LogP contribution in [0.1, 0.15) is 19.3 Å². The largest absolute Gasteiger partial charge is 0.411 e. The van der Waals surface area contributed by atoms with Gasteiger partial charge in [0.1, 0.15) is 5.54 Å². The van der Waals surface area contributed by atoms with Crippen LogP contribution in [0.2, 0.25) is 0 Å². The highest BCUT2D eigenvalue weighted by molar-refractivity contribution is 5.88. The standard InChI is InChI=1S/C9H12F3N5O/c1-17-6(5-13-16-17)14-7(18)15-8(3-2-4-8)9(10,11)12/h5H,2-4H2,1H3,(H2,14,15,18). The van der Waals surface area contributed by atoms with E-state index in [0.717, 1.165) is 0 Å². The van der Waals surface area contributed by atoms with Crippen LogP contribution in [0.5, 0.6) is 0 Å². The van der Waals surface area contributed by atoms with Gasteiger partial charge in [-0.05, 0) is 19.3 Å². The van der Waals surface area contributed by atoms with Gasteiger partial charge < -0.3 is 5.32 Å². The van der Waals surface area contributed by atoms with Crippen molar-refractivity contribution in [2.24, 2.45) is 7.05 Å². The summed E-state index contributed by atoms with van der Waals surface area (Å²) in [6.45, 7) is 0. The Morgan fingerprint density at radius 3 is 2.56 bits per heavy atom. The van der Waals surface area contributed by atoms with E-state index in [4.69, 9.17) is 0 Å². The van der Waals surface area contributed by atoms with Gasteiger partial charge in [-0.1, -0.05) is 5.21 Å². The number of hydrogen-bond donors (Lipinski definition) is 2. The molecule has 9 heteroatoms. The summed E-state index contributed by atoms with van der Waals surface area (Å²) in [5, 5.41) is 11.3. The lowest BCUT2D eigenvalue weighted by atomic mass is 9.76. The van der Waals surface area contributed by atoms with Crippen molar-refractivity contribution in [1.82, 2.24) is 20.3 Å². The molecule has 0 saturated heterocycles. The summed E-state index contributed by atoms with van der Waals surface area (Å²) >= 11 is 0. The molecule has 0 spiro atoms. The lowest BCUT2D eigenvalue weighted by molar-refractivity contribution is -0.214. The zero-order chi connectivity index (χ0) is 13.4. The monoisotopic (exact) mass is 263 g/mol. The van der Waals surface area contributed by atoms with Gasteiger partial charge >= 0.3 is 12.2 Å². The summed E-state index contributed by atoms with van der Waals surface area (Å²) in [6.07, 6.45) is -2.91. The third-order valence-electron chi connectivity index (χ3n) is 3.06. The van der Waals surface area contributed by atoms with Crippen LogP contribution in [0.4, 0.5) is 23.8 Å². The molecule has 0 aromatic carbocycles. The fourth-order valence-electron chi connectivity index (χ4n) is 1.78. The number of aromatic nitrogens is 3. The number of urea groups is 1. The molecule has 2 rings (SSSR count). The zero-order valence-electron chi connectivity index (χ0n) is 9.58. The number of halogens is 3. The molecule has 2 amide bonds. The van der Waals surface area contributed by atoms with Gasteiger partial charge in [0.05, 0.1) is 6.20 Å². The van der Waals surface area contributed by atoms with Gasteiger partial charge in [0.2, 0.25) is 0 Å². The molecule has 1 aromatic rings. The lowest BCUT2D eigenvalue weighted by Crippen LogP contribution is -2.63. The highest BCUT2D eigenvalue weighted by Crippen LogP contribution is 2.45. The minimum Gasteiger partial charge on any atom is -0.323 e. The summed E-state index contributed by atoms with van der Waals surface area (Å²) < 4.78 is 39.7. The number of nitrogens with one attached hydrogen (secondary N) is 2. The fourth-order valence-corrected chi connectivity index (χ4v) is 1.78. The van der Waals surface area contributed by atoms with Crippen LogP contribution in [-0.2, 0) is 7.05 Å². The molecule has 2 N–H and O–H groups in total. The van der Waals surface area contributed by atoms with Crippen molar-refractivity contribution in [2.75, 3.05) is 5.32 Å². The molecule has 0 radical (unpaired) electrons. The van der Waals surface area contributed by atoms with Crippen LogP contribution in [0.25, 0.3) is 0 Å². The topological polar surface area (TPSA) is 71.8 Å². The van der Waals surface area contributed by atoms with Crippen molar-refractivity contribution in [1.29, 1.82) is 0 Å². The molecular formula is C9H12F3N5O. The van der Waals surface area contributed by atoms with Gasteiger partial charge in [0, 0.05) is 7.05 Å². The van der Waals surface area contributed by atoms with Crippen LogP contribution >= 0.6 is 0 Å². The molecular weight excluding hydrogens is 251 g/mol. The maximum atomic E-state index is 12.8. The van der Waals surface area contributed by atoms with Gasteiger partial charge in [-0.2, -0.15) is 13.2 Å². The minimum absolute atomic E-state index is 0.0897. The lowest BCUT2D eigenvalue weighted by Gasteiger charge is -2.43. The minimum atomic E-state index is -4.44. The predicted molar refractivity (Wildman–Crippen MR) is 55.8 cm³/mol. The summed E-state index contributed by atoms with van der Waals surface area (Å²) in [7, 11) is 1.52. The average Bonchev–Trinajstić information content (AvgIpc) is 2.56. The van der Waals surface area contributed by atoms with E-state index in [1.807, 2.05) is 5.32 Å². The van der Waals surface area contributed by atoms with Gasteiger partial charge in [0.15, 0.2) is 5.82 Å². The Morgan fingerprint density at radius 2 is 2.17 bits per heavy atom. The molecule has 6 nitrogen and oxygen atoms in total. The quantitative estimate of drug-likeness (QED) is 0.847. The second-order valence-corrected chi connectivity index (χ2v) is 4.26. The average molecular weight is 263 g/mol. The van der Waals surface area contributed by atoms with Crippen LogP contribution in [0.3, 0.4) is 0 Å². The first-order valence-corrected chi connectivity index (χ1v) is 5.35. The zero-order valence-corrected chi connectivity index (χ0v) is 9.58. The number of carbonyl (C=O) groups excluding carboxylic acids is 1. The summed E-state index contributed by atoms with van der Waals surface area (Å²) in [5.74, 6) is 0.226. The Morgan fingerprint density at radius 1 is 1.50 bits per heavy atom. The molecule has 1 saturated carbocycles. The van der Waals surface area contributed by atoms with E-state index >= 15 is 0 Å². The number of rotatable bonds is 2. The van der Waals surface area contributed by atoms with Crippen LogP contribution in [-0.4, -0.2) is 32.7 Å². The molecule has 1 aliphatic carbocycles.